The molecule has 0 bridgehead atoms. The highest BCUT2D eigenvalue weighted by atomic mass is 35.5. The Kier molecular flexibility index (Phi) is 4.25. The molecule has 2 aromatic carbocycles. The van der Waals surface area contributed by atoms with E-state index in [1.165, 1.54) is 18.2 Å². The van der Waals surface area contributed by atoms with Gasteiger partial charge in [-0.2, -0.15) is 0 Å². The number of benzene rings is 2. The van der Waals surface area contributed by atoms with Crippen LogP contribution in [0.2, 0.25) is 5.02 Å². The SMILES string of the molecule is O=C1Nc2ccccc2OC1CNS(=O)(=O)c1cccc(Cl)c1. The number of hydrogen-bond acceptors (Lipinski definition) is 4. The predicted octanol–water partition coefficient (Wildman–Crippen LogP) is 2.02. The molecule has 8 heteroatoms. The van der Waals surface area contributed by atoms with E-state index in [0.29, 0.717) is 16.5 Å². The van der Waals surface area contributed by atoms with Crippen molar-refractivity contribution in [1.29, 1.82) is 0 Å². The number of halogens is 1. The normalized spacial score (nSPS) is 17.1. The van der Waals surface area contributed by atoms with Crippen molar-refractivity contribution in [3.8, 4) is 5.75 Å². The van der Waals surface area contributed by atoms with Gasteiger partial charge in [0.1, 0.15) is 5.75 Å². The summed E-state index contributed by atoms with van der Waals surface area (Å²) < 4.78 is 32.3. The second kappa shape index (κ2) is 6.19. The minimum atomic E-state index is -3.78. The van der Waals surface area contributed by atoms with Gasteiger partial charge in [0.05, 0.1) is 17.1 Å². The number of nitrogens with one attached hydrogen (secondary N) is 2. The van der Waals surface area contributed by atoms with Crippen molar-refractivity contribution in [2.45, 2.75) is 11.0 Å². The Morgan fingerprint density at radius 1 is 1.17 bits per heavy atom. The van der Waals surface area contributed by atoms with Crippen LogP contribution in [0.5, 0.6) is 5.75 Å². The van der Waals surface area contributed by atoms with Crippen molar-refractivity contribution in [1.82, 2.24) is 4.72 Å². The number of rotatable bonds is 4. The van der Waals surface area contributed by atoms with Gasteiger partial charge in [-0.05, 0) is 30.3 Å². The van der Waals surface area contributed by atoms with Crippen LogP contribution in [0.4, 0.5) is 5.69 Å². The second-order valence-corrected chi connectivity index (χ2v) is 7.10. The van der Waals surface area contributed by atoms with E-state index in [1.54, 1.807) is 30.3 Å². The van der Waals surface area contributed by atoms with Gasteiger partial charge in [-0.25, -0.2) is 13.1 Å². The van der Waals surface area contributed by atoms with Crippen LogP contribution in [0, 0.1) is 0 Å². The lowest BCUT2D eigenvalue weighted by Crippen LogP contribution is -2.45. The zero-order valence-electron chi connectivity index (χ0n) is 11.8. The molecule has 1 aliphatic rings. The summed E-state index contributed by atoms with van der Waals surface area (Å²) in [5.41, 5.74) is 0.562. The topological polar surface area (TPSA) is 84.5 Å². The molecule has 2 N–H and O–H groups in total. The maximum atomic E-state index is 12.2. The number of hydrogen-bond donors (Lipinski definition) is 2. The Labute approximate surface area is 138 Å². The summed E-state index contributed by atoms with van der Waals surface area (Å²) in [4.78, 5) is 12.0. The Bertz CT molecular complexity index is 854. The Morgan fingerprint density at radius 2 is 1.96 bits per heavy atom. The molecule has 0 aromatic heterocycles. The number of para-hydroxylation sites is 2. The summed E-state index contributed by atoms with van der Waals surface area (Å²) in [6, 6.07) is 12.8. The molecular weight excluding hydrogens is 340 g/mol. The average Bonchev–Trinajstić information content (AvgIpc) is 2.53. The van der Waals surface area contributed by atoms with Gasteiger partial charge in [0.2, 0.25) is 10.0 Å². The van der Waals surface area contributed by atoms with Crippen LogP contribution in [0.1, 0.15) is 0 Å². The van der Waals surface area contributed by atoms with E-state index in [-0.39, 0.29) is 11.4 Å². The monoisotopic (exact) mass is 352 g/mol. The molecule has 1 atom stereocenters. The molecule has 0 aliphatic carbocycles. The first kappa shape index (κ1) is 15.8. The number of fused-ring (bicyclic) bond motifs is 1. The average molecular weight is 353 g/mol. The standard InChI is InChI=1S/C15H13ClN2O4S/c16-10-4-3-5-11(8-10)23(20,21)17-9-14-15(19)18-12-6-1-2-7-13(12)22-14/h1-8,14,17H,9H2,(H,18,19). The largest absolute Gasteiger partial charge is 0.477 e. The lowest BCUT2D eigenvalue weighted by Gasteiger charge is -2.25. The van der Waals surface area contributed by atoms with E-state index in [2.05, 4.69) is 10.0 Å². The number of carbonyl (C=O) groups excluding carboxylic acids is 1. The van der Waals surface area contributed by atoms with Crippen LogP contribution < -0.4 is 14.8 Å². The first-order chi connectivity index (χ1) is 11.0. The molecule has 0 spiro atoms. The van der Waals surface area contributed by atoms with Crippen molar-refractivity contribution in [3.63, 3.8) is 0 Å². The van der Waals surface area contributed by atoms with Crippen LogP contribution in [0.15, 0.2) is 53.4 Å². The molecule has 23 heavy (non-hydrogen) atoms. The highest BCUT2D eigenvalue weighted by Gasteiger charge is 2.29. The van der Waals surface area contributed by atoms with Crippen molar-refractivity contribution in [2.24, 2.45) is 0 Å². The predicted molar refractivity (Wildman–Crippen MR) is 86.1 cm³/mol. The Morgan fingerprint density at radius 3 is 2.74 bits per heavy atom. The van der Waals surface area contributed by atoms with Crippen LogP contribution in [0.25, 0.3) is 0 Å². The van der Waals surface area contributed by atoms with Crippen molar-refractivity contribution in [3.05, 3.63) is 53.6 Å². The van der Waals surface area contributed by atoms with E-state index in [9.17, 15) is 13.2 Å². The van der Waals surface area contributed by atoms with Gasteiger partial charge in [0, 0.05) is 5.02 Å². The molecule has 0 radical (unpaired) electrons. The number of sulfonamides is 1. The zero-order chi connectivity index (χ0) is 16.4. The van der Waals surface area contributed by atoms with Gasteiger partial charge in [0.15, 0.2) is 6.10 Å². The Balaban J connectivity index is 1.72. The molecule has 2 aromatic rings. The van der Waals surface area contributed by atoms with E-state index in [4.69, 9.17) is 16.3 Å². The molecule has 1 amide bonds. The third-order valence-corrected chi connectivity index (χ3v) is 4.93. The highest BCUT2D eigenvalue weighted by molar-refractivity contribution is 7.89. The van der Waals surface area contributed by atoms with Crippen LogP contribution in [-0.4, -0.2) is 27.0 Å². The summed E-state index contributed by atoms with van der Waals surface area (Å²) in [5.74, 6) is 0.0940. The fourth-order valence-corrected chi connectivity index (χ4v) is 3.46. The smallest absolute Gasteiger partial charge is 0.266 e. The lowest BCUT2D eigenvalue weighted by molar-refractivity contribution is -0.123. The summed E-state index contributed by atoms with van der Waals surface area (Å²) in [5, 5.41) is 2.99. The lowest BCUT2D eigenvalue weighted by atomic mass is 10.2. The molecule has 1 heterocycles. The van der Waals surface area contributed by atoms with Gasteiger partial charge >= 0.3 is 0 Å². The number of carbonyl (C=O) groups is 1. The molecule has 1 unspecified atom stereocenters. The molecule has 120 valence electrons. The van der Waals surface area contributed by atoms with Gasteiger partial charge < -0.3 is 10.1 Å². The molecule has 1 aliphatic heterocycles. The van der Waals surface area contributed by atoms with Gasteiger partial charge in [-0.3, -0.25) is 4.79 Å². The van der Waals surface area contributed by atoms with Crippen LogP contribution in [0.3, 0.4) is 0 Å². The van der Waals surface area contributed by atoms with Gasteiger partial charge in [-0.1, -0.05) is 29.8 Å². The molecular formula is C15H13ClN2O4S. The van der Waals surface area contributed by atoms with Gasteiger partial charge in [0.25, 0.3) is 5.91 Å². The number of ether oxygens (including phenoxy) is 1. The first-order valence-corrected chi connectivity index (χ1v) is 8.63. The third-order valence-electron chi connectivity index (χ3n) is 3.27. The van der Waals surface area contributed by atoms with Crippen molar-refractivity contribution in [2.75, 3.05) is 11.9 Å². The molecule has 6 nitrogen and oxygen atoms in total. The maximum absolute atomic E-state index is 12.2. The van der Waals surface area contributed by atoms with E-state index >= 15 is 0 Å². The summed E-state index contributed by atoms with van der Waals surface area (Å²) in [6.45, 7) is -0.186. The minimum Gasteiger partial charge on any atom is -0.477 e. The summed E-state index contributed by atoms with van der Waals surface area (Å²) >= 11 is 5.80. The summed E-state index contributed by atoms with van der Waals surface area (Å²) in [7, 11) is -3.78. The molecule has 0 saturated heterocycles. The molecule has 0 fully saturated rings. The van der Waals surface area contributed by atoms with Gasteiger partial charge in [-0.15, -0.1) is 0 Å². The van der Waals surface area contributed by atoms with Crippen LogP contribution >= 0.6 is 11.6 Å². The quantitative estimate of drug-likeness (QED) is 0.881. The third kappa shape index (κ3) is 3.47. The molecule has 0 saturated carbocycles. The maximum Gasteiger partial charge on any atom is 0.266 e. The second-order valence-electron chi connectivity index (χ2n) is 4.90. The highest BCUT2D eigenvalue weighted by Crippen LogP contribution is 2.28. The fourth-order valence-electron chi connectivity index (χ4n) is 2.13. The summed E-state index contributed by atoms with van der Waals surface area (Å²) in [6.07, 6.45) is -0.946. The van der Waals surface area contributed by atoms with E-state index < -0.39 is 22.0 Å². The van der Waals surface area contributed by atoms with Crippen molar-refractivity contribution >= 4 is 33.2 Å². The molecule has 3 rings (SSSR count). The minimum absolute atomic E-state index is 0.0293. The Hall–Kier alpha value is -2.09. The van der Waals surface area contributed by atoms with E-state index in [1.807, 2.05) is 0 Å². The fraction of sp³-hybridized carbons (Fsp3) is 0.133. The van der Waals surface area contributed by atoms with Crippen LogP contribution in [-0.2, 0) is 14.8 Å². The number of anilines is 1. The van der Waals surface area contributed by atoms with E-state index in [0.717, 1.165) is 0 Å². The first-order valence-electron chi connectivity index (χ1n) is 6.77. The number of amides is 1. The zero-order valence-corrected chi connectivity index (χ0v) is 13.4. The van der Waals surface area contributed by atoms with Crippen molar-refractivity contribution < 1.29 is 17.9 Å².